The molecule has 0 aromatic heterocycles. The van der Waals surface area contributed by atoms with E-state index in [1.54, 1.807) is 18.2 Å². The second-order valence-corrected chi connectivity index (χ2v) is 7.67. The number of sulfonamides is 1. The summed E-state index contributed by atoms with van der Waals surface area (Å²) in [5.74, 6) is 0.103. The number of hydrogen-bond acceptors (Lipinski definition) is 3. The number of rotatable bonds is 2. The lowest BCUT2D eigenvalue weighted by molar-refractivity contribution is -0.124. The van der Waals surface area contributed by atoms with Gasteiger partial charge in [0.15, 0.2) is 5.78 Å². The van der Waals surface area contributed by atoms with Crippen LogP contribution in [0.2, 0.25) is 0 Å². The lowest BCUT2D eigenvalue weighted by Crippen LogP contribution is -2.50. The zero-order valence-corrected chi connectivity index (χ0v) is 12.4. The second kappa shape index (κ2) is 4.67. The first-order valence-corrected chi connectivity index (χ1v) is 8.54. The topological polar surface area (TPSA) is 54.5 Å². The molecule has 0 amide bonds. The molecule has 1 spiro atoms. The maximum atomic E-state index is 12.9. The Morgan fingerprint density at radius 1 is 1.20 bits per heavy atom. The van der Waals surface area contributed by atoms with E-state index in [1.165, 1.54) is 4.31 Å². The molecule has 1 atom stereocenters. The molecule has 5 heteroatoms. The molecule has 0 bridgehead atoms. The summed E-state index contributed by atoms with van der Waals surface area (Å²) >= 11 is 0. The maximum Gasteiger partial charge on any atom is 0.243 e. The third-order valence-electron chi connectivity index (χ3n) is 4.52. The van der Waals surface area contributed by atoms with Gasteiger partial charge in [-0.05, 0) is 50.3 Å². The van der Waals surface area contributed by atoms with Crippen molar-refractivity contribution in [3.05, 3.63) is 29.8 Å². The number of carbonyl (C=O) groups is 1. The lowest BCUT2D eigenvalue weighted by atomic mass is 9.95. The van der Waals surface area contributed by atoms with Gasteiger partial charge in [0.2, 0.25) is 10.0 Å². The van der Waals surface area contributed by atoms with Crippen molar-refractivity contribution < 1.29 is 13.2 Å². The van der Waals surface area contributed by atoms with Crippen molar-refractivity contribution in [1.82, 2.24) is 4.31 Å². The first-order chi connectivity index (χ1) is 9.47. The van der Waals surface area contributed by atoms with Crippen LogP contribution in [0.4, 0.5) is 0 Å². The number of benzene rings is 1. The van der Waals surface area contributed by atoms with Gasteiger partial charge in [0.1, 0.15) is 0 Å². The fraction of sp³-hybridized carbons (Fsp3) is 0.533. The predicted octanol–water partition coefficient (Wildman–Crippen LogP) is 2.27. The van der Waals surface area contributed by atoms with Gasteiger partial charge in [-0.15, -0.1) is 0 Å². The minimum absolute atomic E-state index is 0.103. The first kappa shape index (κ1) is 13.8. The highest BCUT2D eigenvalue weighted by Gasteiger charge is 2.54. The molecule has 1 aromatic rings. The first-order valence-electron chi connectivity index (χ1n) is 7.10. The van der Waals surface area contributed by atoms with Crippen LogP contribution in [0.1, 0.15) is 37.7 Å². The normalized spacial score (nSPS) is 27.6. The van der Waals surface area contributed by atoms with E-state index in [4.69, 9.17) is 0 Å². The Balaban J connectivity index is 2.05. The fourth-order valence-corrected chi connectivity index (χ4v) is 5.50. The molecule has 0 N–H and O–H groups in total. The van der Waals surface area contributed by atoms with Gasteiger partial charge in [0.25, 0.3) is 0 Å². The molecule has 4 nitrogen and oxygen atoms in total. The van der Waals surface area contributed by atoms with E-state index in [2.05, 4.69) is 0 Å². The minimum atomic E-state index is -3.57. The summed E-state index contributed by atoms with van der Waals surface area (Å²) in [6.45, 7) is 2.33. The van der Waals surface area contributed by atoms with E-state index in [9.17, 15) is 13.2 Å². The molecule has 1 aliphatic carbocycles. The van der Waals surface area contributed by atoms with E-state index in [1.807, 2.05) is 13.0 Å². The average molecular weight is 293 g/mol. The Labute approximate surface area is 119 Å². The van der Waals surface area contributed by atoms with E-state index in [0.29, 0.717) is 30.7 Å². The van der Waals surface area contributed by atoms with E-state index < -0.39 is 15.6 Å². The molecular weight excluding hydrogens is 274 g/mol. The largest absolute Gasteiger partial charge is 0.298 e. The van der Waals surface area contributed by atoms with Gasteiger partial charge in [-0.3, -0.25) is 4.79 Å². The van der Waals surface area contributed by atoms with Gasteiger partial charge in [-0.25, -0.2) is 8.42 Å². The van der Waals surface area contributed by atoms with Gasteiger partial charge < -0.3 is 0 Å². The fourth-order valence-electron chi connectivity index (χ4n) is 3.55. The van der Waals surface area contributed by atoms with Crippen LogP contribution in [0.5, 0.6) is 0 Å². The molecular formula is C15H19NO3S. The van der Waals surface area contributed by atoms with Gasteiger partial charge in [-0.2, -0.15) is 4.31 Å². The quantitative estimate of drug-likeness (QED) is 0.840. The number of hydrogen-bond donors (Lipinski definition) is 0. The Bertz CT molecular complexity index is 649. The number of carbonyl (C=O) groups excluding carboxylic acids is 1. The minimum Gasteiger partial charge on any atom is -0.298 e. The van der Waals surface area contributed by atoms with Crippen LogP contribution in [-0.2, 0) is 14.8 Å². The smallest absolute Gasteiger partial charge is 0.243 e. The zero-order chi connectivity index (χ0) is 14.4. The monoisotopic (exact) mass is 293 g/mol. The second-order valence-electron chi connectivity index (χ2n) is 5.81. The lowest BCUT2D eigenvalue weighted by Gasteiger charge is -2.32. The Kier molecular flexibility index (Phi) is 3.21. The predicted molar refractivity (Wildman–Crippen MR) is 75.9 cm³/mol. The van der Waals surface area contributed by atoms with Crippen molar-refractivity contribution in [2.75, 3.05) is 6.54 Å². The van der Waals surface area contributed by atoms with Gasteiger partial charge in [-0.1, -0.05) is 12.1 Å². The Morgan fingerprint density at radius 3 is 2.60 bits per heavy atom. The summed E-state index contributed by atoms with van der Waals surface area (Å²) in [5.41, 5.74) is 0.167. The van der Waals surface area contributed by atoms with Crippen molar-refractivity contribution in [2.24, 2.45) is 0 Å². The highest BCUT2D eigenvalue weighted by Crippen LogP contribution is 2.43. The summed E-state index contributed by atoms with van der Waals surface area (Å²) in [7, 11) is -3.57. The number of nitrogens with zero attached hydrogens (tertiary/aromatic N) is 1. The van der Waals surface area contributed by atoms with Crippen LogP contribution in [0.25, 0.3) is 0 Å². The van der Waals surface area contributed by atoms with Crippen LogP contribution in [0.3, 0.4) is 0 Å². The van der Waals surface area contributed by atoms with Crippen molar-refractivity contribution in [2.45, 2.75) is 49.5 Å². The highest BCUT2D eigenvalue weighted by molar-refractivity contribution is 7.89. The third kappa shape index (κ3) is 1.91. The number of Topliss-reactive ketones (excluding diaryl/α,β-unsaturated/α-hetero) is 1. The molecule has 0 radical (unpaired) electrons. The van der Waals surface area contributed by atoms with E-state index >= 15 is 0 Å². The van der Waals surface area contributed by atoms with Crippen molar-refractivity contribution in [3.8, 4) is 0 Å². The molecule has 2 aliphatic rings. The van der Waals surface area contributed by atoms with Crippen molar-refractivity contribution >= 4 is 15.8 Å². The maximum absolute atomic E-state index is 12.9. The average Bonchev–Trinajstić information content (AvgIpc) is 2.99. The van der Waals surface area contributed by atoms with Crippen LogP contribution in [-0.4, -0.2) is 30.6 Å². The van der Waals surface area contributed by atoms with Crippen LogP contribution in [0, 0.1) is 6.92 Å². The number of ketones is 1. The molecule has 1 unspecified atom stereocenters. The van der Waals surface area contributed by atoms with Crippen LogP contribution >= 0.6 is 0 Å². The van der Waals surface area contributed by atoms with Gasteiger partial charge in [0.05, 0.1) is 10.4 Å². The van der Waals surface area contributed by atoms with Gasteiger partial charge in [0, 0.05) is 13.0 Å². The summed E-state index contributed by atoms with van der Waals surface area (Å²) < 4.78 is 27.2. The van der Waals surface area contributed by atoms with Crippen LogP contribution in [0.15, 0.2) is 29.2 Å². The SMILES string of the molecule is Cc1cccc(S(=O)(=O)N2CCCC23CCCC3=O)c1. The summed E-state index contributed by atoms with van der Waals surface area (Å²) in [6, 6.07) is 6.93. The molecule has 108 valence electrons. The standard InChI is InChI=1S/C15H19NO3S/c1-12-5-2-6-13(11-12)20(18,19)16-10-4-9-15(16)8-3-7-14(15)17/h2,5-6,11H,3-4,7-10H2,1H3. The molecule has 1 heterocycles. The van der Waals surface area contributed by atoms with Crippen molar-refractivity contribution in [3.63, 3.8) is 0 Å². The molecule has 1 saturated heterocycles. The molecule has 1 saturated carbocycles. The van der Waals surface area contributed by atoms with E-state index in [-0.39, 0.29) is 5.78 Å². The highest BCUT2D eigenvalue weighted by atomic mass is 32.2. The number of aryl methyl sites for hydroxylation is 1. The van der Waals surface area contributed by atoms with Gasteiger partial charge >= 0.3 is 0 Å². The Hall–Kier alpha value is -1.20. The molecule has 20 heavy (non-hydrogen) atoms. The molecule has 2 fully saturated rings. The Morgan fingerprint density at radius 2 is 1.95 bits per heavy atom. The summed E-state index contributed by atoms with van der Waals surface area (Å²) in [4.78, 5) is 12.6. The molecule has 3 rings (SSSR count). The van der Waals surface area contributed by atoms with Crippen molar-refractivity contribution in [1.29, 1.82) is 0 Å². The third-order valence-corrected chi connectivity index (χ3v) is 6.48. The molecule has 1 aromatic carbocycles. The summed E-state index contributed by atoms with van der Waals surface area (Å²) in [5, 5.41) is 0. The zero-order valence-electron chi connectivity index (χ0n) is 11.6. The molecule has 1 aliphatic heterocycles. The van der Waals surface area contributed by atoms with Crippen LogP contribution < -0.4 is 0 Å². The summed E-state index contributed by atoms with van der Waals surface area (Å²) in [6.07, 6.45) is 3.45. The van der Waals surface area contributed by atoms with E-state index in [0.717, 1.165) is 18.4 Å².